The van der Waals surface area contributed by atoms with Gasteiger partial charge < -0.3 is 14.6 Å². The molecule has 24 heavy (non-hydrogen) atoms. The number of carbonyl (C=O) groups excluding carboxylic acids is 1. The molecule has 1 aromatic heterocycles. The molecule has 1 N–H and O–H groups in total. The van der Waals surface area contributed by atoms with Crippen molar-refractivity contribution in [3.05, 3.63) is 58.4 Å². The van der Waals surface area contributed by atoms with Crippen molar-refractivity contribution in [2.45, 2.75) is 45.8 Å². The van der Waals surface area contributed by atoms with Crippen molar-refractivity contribution in [2.24, 2.45) is 7.05 Å². The molecular formula is C20H26N2O2. The smallest absolute Gasteiger partial charge is 0.338 e. The number of hydrogen-bond acceptors (Lipinski definition) is 3. The maximum absolute atomic E-state index is 12.4. The molecule has 2 aromatic rings. The van der Waals surface area contributed by atoms with Crippen LogP contribution in [-0.4, -0.2) is 22.7 Å². The zero-order valence-corrected chi connectivity index (χ0v) is 15.1. The number of fused-ring (bicyclic) bond motifs is 1. The second kappa shape index (κ2) is 6.10. The lowest BCUT2D eigenvalue weighted by atomic mass is 9.90. The zero-order chi connectivity index (χ0) is 17.5. The van der Waals surface area contributed by atoms with E-state index in [1.165, 1.54) is 22.5 Å². The fourth-order valence-electron chi connectivity index (χ4n) is 3.20. The largest absolute Gasteiger partial charge is 0.456 e. The van der Waals surface area contributed by atoms with Crippen molar-refractivity contribution in [2.75, 3.05) is 6.54 Å². The molecule has 0 aliphatic carbocycles. The molecule has 4 heteroatoms. The van der Waals surface area contributed by atoms with E-state index in [0.717, 1.165) is 13.0 Å². The molecule has 1 unspecified atom stereocenters. The van der Waals surface area contributed by atoms with Crippen molar-refractivity contribution in [1.82, 2.24) is 9.88 Å². The van der Waals surface area contributed by atoms with Gasteiger partial charge in [0.2, 0.25) is 0 Å². The minimum atomic E-state index is -0.486. The fourth-order valence-corrected chi connectivity index (χ4v) is 3.20. The lowest BCUT2D eigenvalue weighted by molar-refractivity contribution is 0.00693. The van der Waals surface area contributed by atoms with Gasteiger partial charge in [0, 0.05) is 25.0 Å². The molecule has 128 valence electrons. The zero-order valence-electron chi connectivity index (χ0n) is 15.1. The average Bonchev–Trinajstić information content (AvgIpc) is 2.84. The van der Waals surface area contributed by atoms with Gasteiger partial charge in [0.25, 0.3) is 0 Å². The number of rotatable bonds is 2. The van der Waals surface area contributed by atoms with Gasteiger partial charge in [-0.3, -0.25) is 0 Å². The lowest BCUT2D eigenvalue weighted by Gasteiger charge is -2.28. The van der Waals surface area contributed by atoms with Crippen LogP contribution in [0.25, 0.3) is 0 Å². The monoisotopic (exact) mass is 326 g/mol. The standard InChI is InChI=1S/C20H26N2O2/c1-13-6-9-17(22(13)5)18-16-12-15(19(23)24-20(2,3)4)8-7-14(16)10-11-21-18/h6-9,12,18,21H,10-11H2,1-5H3. The van der Waals surface area contributed by atoms with Crippen LogP contribution in [0.15, 0.2) is 30.3 Å². The second-order valence-corrected chi connectivity index (χ2v) is 7.51. The number of hydrogen-bond donors (Lipinski definition) is 1. The Morgan fingerprint density at radius 2 is 2.00 bits per heavy atom. The van der Waals surface area contributed by atoms with Crippen LogP contribution in [-0.2, 0) is 18.2 Å². The summed E-state index contributed by atoms with van der Waals surface area (Å²) in [5.74, 6) is -0.266. The SMILES string of the molecule is Cc1ccc(C2NCCc3ccc(C(=O)OC(C)(C)C)cc32)n1C. The Kier molecular flexibility index (Phi) is 4.26. The molecule has 1 atom stereocenters. The summed E-state index contributed by atoms with van der Waals surface area (Å²) in [5, 5.41) is 3.59. The van der Waals surface area contributed by atoms with Gasteiger partial charge in [-0.25, -0.2) is 4.79 Å². The van der Waals surface area contributed by atoms with Crippen LogP contribution in [0.1, 0.15) is 59.7 Å². The van der Waals surface area contributed by atoms with Crippen LogP contribution >= 0.6 is 0 Å². The van der Waals surface area contributed by atoms with Crippen LogP contribution < -0.4 is 5.32 Å². The third-order valence-electron chi connectivity index (χ3n) is 4.54. The number of nitrogens with one attached hydrogen (secondary N) is 1. The lowest BCUT2D eigenvalue weighted by Crippen LogP contribution is -2.32. The van der Waals surface area contributed by atoms with E-state index in [2.05, 4.69) is 42.1 Å². The summed E-state index contributed by atoms with van der Waals surface area (Å²) in [6.45, 7) is 8.71. The normalized spacial score (nSPS) is 17.5. The molecule has 3 rings (SSSR count). The highest BCUT2D eigenvalue weighted by Gasteiger charge is 2.26. The maximum atomic E-state index is 12.4. The fraction of sp³-hybridized carbons (Fsp3) is 0.450. The molecule has 1 aliphatic heterocycles. The van der Waals surface area contributed by atoms with Crippen molar-refractivity contribution in [3.63, 3.8) is 0 Å². The molecule has 0 fully saturated rings. The predicted octanol–water partition coefficient (Wildman–Crippen LogP) is 3.52. The topological polar surface area (TPSA) is 43.3 Å². The van der Waals surface area contributed by atoms with Crippen LogP contribution in [0.5, 0.6) is 0 Å². The van der Waals surface area contributed by atoms with Crippen LogP contribution in [0, 0.1) is 6.92 Å². The quantitative estimate of drug-likeness (QED) is 0.859. The van der Waals surface area contributed by atoms with Gasteiger partial charge in [-0.2, -0.15) is 0 Å². The summed E-state index contributed by atoms with van der Waals surface area (Å²) in [4.78, 5) is 12.4. The Morgan fingerprint density at radius 3 is 2.62 bits per heavy atom. The molecule has 0 bridgehead atoms. The Bertz CT molecular complexity index is 768. The summed E-state index contributed by atoms with van der Waals surface area (Å²) in [7, 11) is 2.08. The first-order valence-corrected chi connectivity index (χ1v) is 8.48. The first kappa shape index (κ1) is 16.8. The van der Waals surface area contributed by atoms with E-state index in [0.29, 0.717) is 5.56 Å². The Balaban J connectivity index is 1.98. The van der Waals surface area contributed by atoms with E-state index in [1.807, 2.05) is 32.9 Å². The molecule has 0 radical (unpaired) electrons. The van der Waals surface area contributed by atoms with Gasteiger partial charge in [-0.1, -0.05) is 6.07 Å². The molecule has 2 heterocycles. The molecular weight excluding hydrogens is 300 g/mol. The molecule has 4 nitrogen and oxygen atoms in total. The number of aromatic nitrogens is 1. The first-order chi connectivity index (χ1) is 11.3. The second-order valence-electron chi connectivity index (χ2n) is 7.51. The van der Waals surface area contributed by atoms with Crippen LogP contribution in [0.2, 0.25) is 0 Å². The number of benzene rings is 1. The minimum absolute atomic E-state index is 0.106. The Morgan fingerprint density at radius 1 is 1.25 bits per heavy atom. The number of ether oxygens (including phenoxy) is 1. The summed E-state index contributed by atoms with van der Waals surface area (Å²) in [6.07, 6.45) is 0.976. The summed E-state index contributed by atoms with van der Waals surface area (Å²) >= 11 is 0. The summed E-state index contributed by atoms with van der Waals surface area (Å²) < 4.78 is 7.72. The van der Waals surface area contributed by atoms with Gasteiger partial charge in [0.05, 0.1) is 11.6 Å². The van der Waals surface area contributed by atoms with E-state index in [4.69, 9.17) is 4.74 Å². The number of nitrogens with zero attached hydrogens (tertiary/aromatic N) is 1. The summed E-state index contributed by atoms with van der Waals surface area (Å²) in [5.41, 5.74) is 5.04. The third-order valence-corrected chi connectivity index (χ3v) is 4.54. The molecule has 1 aromatic carbocycles. The number of aryl methyl sites for hydroxylation is 1. The van der Waals surface area contributed by atoms with Gasteiger partial charge in [0.1, 0.15) is 5.60 Å². The highest BCUT2D eigenvalue weighted by atomic mass is 16.6. The summed E-state index contributed by atoms with van der Waals surface area (Å²) in [6, 6.07) is 10.3. The van der Waals surface area contributed by atoms with E-state index < -0.39 is 5.60 Å². The van der Waals surface area contributed by atoms with Crippen molar-refractivity contribution < 1.29 is 9.53 Å². The highest BCUT2D eigenvalue weighted by molar-refractivity contribution is 5.90. The maximum Gasteiger partial charge on any atom is 0.338 e. The molecule has 0 saturated carbocycles. The van der Waals surface area contributed by atoms with Crippen LogP contribution in [0.3, 0.4) is 0 Å². The predicted molar refractivity (Wildman–Crippen MR) is 95.3 cm³/mol. The van der Waals surface area contributed by atoms with Gasteiger partial charge in [0.15, 0.2) is 0 Å². The highest BCUT2D eigenvalue weighted by Crippen LogP contribution is 2.30. The third kappa shape index (κ3) is 3.24. The van der Waals surface area contributed by atoms with Gasteiger partial charge in [-0.15, -0.1) is 0 Å². The first-order valence-electron chi connectivity index (χ1n) is 8.48. The van der Waals surface area contributed by atoms with Crippen molar-refractivity contribution in [3.8, 4) is 0 Å². The molecule has 0 amide bonds. The van der Waals surface area contributed by atoms with Gasteiger partial charge >= 0.3 is 5.97 Å². The van der Waals surface area contributed by atoms with E-state index >= 15 is 0 Å². The average molecular weight is 326 g/mol. The molecule has 0 saturated heterocycles. The van der Waals surface area contributed by atoms with E-state index in [-0.39, 0.29) is 12.0 Å². The Hall–Kier alpha value is -2.07. The number of carbonyl (C=O) groups is 1. The van der Waals surface area contributed by atoms with Gasteiger partial charge in [-0.05, 0) is 69.5 Å². The Labute approximate surface area is 143 Å². The molecule has 1 aliphatic rings. The van der Waals surface area contributed by atoms with E-state index in [1.54, 1.807) is 0 Å². The van der Waals surface area contributed by atoms with Crippen LogP contribution in [0.4, 0.5) is 0 Å². The number of esters is 1. The molecule has 0 spiro atoms. The minimum Gasteiger partial charge on any atom is -0.456 e. The van der Waals surface area contributed by atoms with Crippen molar-refractivity contribution >= 4 is 5.97 Å². The van der Waals surface area contributed by atoms with E-state index in [9.17, 15) is 4.79 Å². The van der Waals surface area contributed by atoms with Crippen molar-refractivity contribution in [1.29, 1.82) is 0 Å².